The Morgan fingerprint density at radius 1 is 1.44 bits per heavy atom. The molecule has 0 aliphatic heterocycles. The van der Waals surface area contributed by atoms with Crippen LogP contribution in [-0.2, 0) is 14.0 Å². The van der Waals surface area contributed by atoms with Gasteiger partial charge in [0.05, 0.1) is 0 Å². The van der Waals surface area contributed by atoms with E-state index >= 15 is 0 Å². The molecule has 2 unspecified atom stereocenters. The van der Waals surface area contributed by atoms with Crippen molar-refractivity contribution in [2.45, 2.75) is 38.6 Å². The summed E-state index contributed by atoms with van der Waals surface area (Å²) in [5, 5.41) is 0. The van der Waals surface area contributed by atoms with E-state index < -0.39 is 18.8 Å². The highest BCUT2D eigenvalue weighted by atomic mass is 31.2. The largest absolute Gasteiger partial charge is 0.342 e. The second-order valence-corrected chi connectivity index (χ2v) is 6.02. The van der Waals surface area contributed by atoms with Gasteiger partial charge in [0.15, 0.2) is 5.91 Å². The first kappa shape index (κ1) is 16.0. The molecule has 0 aliphatic rings. The highest BCUT2D eigenvalue weighted by Crippen LogP contribution is 2.60. The number of hydrogen-bond donors (Lipinski definition) is 2. The lowest BCUT2D eigenvalue weighted by molar-refractivity contribution is -0.168. The molecule has 0 radical (unpaired) electrons. The molecule has 0 aromatic rings. The summed E-state index contributed by atoms with van der Waals surface area (Å²) in [5.41, 5.74) is 3.36. The van der Waals surface area contributed by atoms with Crippen LogP contribution in [0.5, 0.6) is 0 Å². The lowest BCUT2D eigenvalue weighted by atomic mass is 10.5. The fourth-order valence-corrected chi connectivity index (χ4v) is 2.97. The Kier molecular flexibility index (Phi) is 6.67. The molecule has 5 nitrogen and oxygen atoms in total. The first-order chi connectivity index (χ1) is 7.35. The van der Waals surface area contributed by atoms with E-state index in [-0.39, 0.29) is 26.2 Å². The van der Waals surface area contributed by atoms with Crippen LogP contribution >= 0.6 is 7.37 Å². The molecule has 0 aromatic carbocycles. The smallest absolute Gasteiger partial charge is 0.291 e. The predicted molar refractivity (Wildman–Crippen MR) is 60.0 cm³/mol. The van der Waals surface area contributed by atoms with Crippen LogP contribution in [0.25, 0.3) is 0 Å². The number of nitrogens with two attached hydrogens (primary N) is 1. The molecule has 0 aromatic heterocycles. The second kappa shape index (κ2) is 6.67. The summed E-state index contributed by atoms with van der Waals surface area (Å²) in [7, 11) is -4.25. The van der Waals surface area contributed by atoms with Gasteiger partial charge in [-0.1, -0.05) is 0 Å². The fraction of sp³-hybridized carbons (Fsp3) is 1.00. The third-order valence-electron chi connectivity index (χ3n) is 2.19. The van der Waals surface area contributed by atoms with Crippen molar-refractivity contribution < 1.29 is 23.3 Å². The van der Waals surface area contributed by atoms with Crippen LogP contribution in [0.4, 0.5) is 4.39 Å². The maximum absolute atomic E-state index is 13.6. The fourth-order valence-electron chi connectivity index (χ4n) is 1.33. The predicted octanol–water partition coefficient (Wildman–Crippen LogP) is 1.65. The monoisotopic (exact) mass is 257 g/mol. The van der Waals surface area contributed by atoms with Crippen LogP contribution < -0.4 is 5.73 Å². The van der Waals surface area contributed by atoms with Gasteiger partial charge in [-0.2, -0.15) is 0 Å². The van der Waals surface area contributed by atoms with Crippen molar-refractivity contribution in [1.82, 2.24) is 0 Å². The van der Waals surface area contributed by atoms with Gasteiger partial charge in [0.1, 0.15) is 0 Å². The molecule has 7 heteroatoms. The summed E-state index contributed by atoms with van der Waals surface area (Å²) in [6, 6.07) is 0. The van der Waals surface area contributed by atoms with Crippen molar-refractivity contribution in [3.8, 4) is 0 Å². The minimum Gasteiger partial charge on any atom is -0.342 e. The molecule has 0 heterocycles. The molecule has 2 atom stereocenters. The molecule has 3 N–H and O–H groups in total. The van der Waals surface area contributed by atoms with Gasteiger partial charge >= 0.3 is 0 Å². The molecule has 98 valence electrons. The lowest BCUT2D eigenvalue weighted by Crippen LogP contribution is -2.36. The summed E-state index contributed by atoms with van der Waals surface area (Å²) in [4.78, 5) is 9.77. The van der Waals surface area contributed by atoms with Crippen LogP contribution in [-0.4, -0.2) is 36.1 Å². The van der Waals surface area contributed by atoms with Crippen molar-refractivity contribution >= 4 is 7.37 Å². The zero-order valence-corrected chi connectivity index (χ0v) is 10.9. The second-order valence-electron chi connectivity index (χ2n) is 3.40. The van der Waals surface area contributed by atoms with E-state index in [9.17, 15) is 13.8 Å². The Hall–Kier alpha value is -0.0000000000000000486. The molecule has 0 saturated heterocycles. The van der Waals surface area contributed by atoms with Gasteiger partial charge in [0.25, 0.3) is 7.37 Å². The number of ether oxygens (including phenoxy) is 2. The zero-order valence-electron chi connectivity index (χ0n) is 9.98. The third-order valence-corrected chi connectivity index (χ3v) is 4.63. The highest BCUT2D eigenvalue weighted by Gasteiger charge is 2.51. The zero-order chi connectivity index (χ0) is 12.8. The number of alkyl halides is 1. The van der Waals surface area contributed by atoms with Crippen molar-refractivity contribution in [2.24, 2.45) is 5.73 Å². The molecular weight excluding hydrogens is 236 g/mol. The van der Waals surface area contributed by atoms with Crippen LogP contribution in [0.1, 0.15) is 27.2 Å². The van der Waals surface area contributed by atoms with Gasteiger partial charge < -0.3 is 20.1 Å². The molecule has 0 aliphatic carbocycles. The van der Waals surface area contributed by atoms with Crippen LogP contribution in [0.3, 0.4) is 0 Å². The molecule has 0 amide bonds. The summed E-state index contributed by atoms with van der Waals surface area (Å²) in [6.45, 7) is 4.90. The van der Waals surface area contributed by atoms with E-state index in [0.717, 1.165) is 0 Å². The van der Waals surface area contributed by atoms with E-state index in [1.807, 2.05) is 0 Å². The van der Waals surface area contributed by atoms with Crippen molar-refractivity contribution in [3.63, 3.8) is 0 Å². The summed E-state index contributed by atoms with van der Waals surface area (Å²) >= 11 is 0. The molecule has 0 bridgehead atoms. The average molecular weight is 257 g/mol. The third kappa shape index (κ3) is 3.50. The summed E-state index contributed by atoms with van der Waals surface area (Å²) in [5.74, 6) is -1.93. The maximum Gasteiger partial charge on any atom is 0.291 e. The maximum atomic E-state index is 13.6. The number of halogens is 1. The molecule has 16 heavy (non-hydrogen) atoms. The van der Waals surface area contributed by atoms with Crippen LogP contribution in [0.2, 0.25) is 0 Å². The Bertz CT molecular complexity index is 246. The SMILES string of the molecule is CCOC(C)(OCC)P(=O)(O)C(F)CCN. The van der Waals surface area contributed by atoms with Crippen LogP contribution in [0, 0.1) is 0 Å². The van der Waals surface area contributed by atoms with E-state index in [2.05, 4.69) is 0 Å². The Morgan fingerprint density at radius 3 is 2.19 bits per heavy atom. The van der Waals surface area contributed by atoms with E-state index in [0.29, 0.717) is 0 Å². The topological polar surface area (TPSA) is 81.8 Å². The first-order valence-electron chi connectivity index (χ1n) is 5.30. The highest BCUT2D eigenvalue weighted by molar-refractivity contribution is 7.59. The van der Waals surface area contributed by atoms with Crippen molar-refractivity contribution in [3.05, 3.63) is 0 Å². The number of rotatable bonds is 8. The Morgan fingerprint density at radius 2 is 1.88 bits per heavy atom. The van der Waals surface area contributed by atoms with Gasteiger partial charge in [-0.15, -0.1) is 0 Å². The van der Waals surface area contributed by atoms with Crippen LogP contribution in [0.15, 0.2) is 0 Å². The molecule has 0 saturated carbocycles. The minimum absolute atomic E-state index is 0.0000463. The van der Waals surface area contributed by atoms with E-state index in [1.165, 1.54) is 6.92 Å². The molecule has 0 spiro atoms. The van der Waals surface area contributed by atoms with Gasteiger partial charge in [-0.25, -0.2) is 4.39 Å². The average Bonchev–Trinajstić information content (AvgIpc) is 2.18. The van der Waals surface area contributed by atoms with E-state index in [4.69, 9.17) is 15.2 Å². The van der Waals surface area contributed by atoms with Gasteiger partial charge in [-0.3, -0.25) is 4.57 Å². The van der Waals surface area contributed by atoms with E-state index in [1.54, 1.807) is 13.8 Å². The van der Waals surface area contributed by atoms with Crippen molar-refractivity contribution in [2.75, 3.05) is 19.8 Å². The van der Waals surface area contributed by atoms with Gasteiger partial charge in [-0.05, 0) is 27.3 Å². The van der Waals surface area contributed by atoms with Gasteiger partial charge in [0, 0.05) is 19.6 Å². The number of hydrogen-bond acceptors (Lipinski definition) is 4. The quantitative estimate of drug-likeness (QED) is 0.510. The molecule has 0 rings (SSSR count). The normalized spacial score (nSPS) is 18.1. The Labute approximate surface area is 95.6 Å². The van der Waals surface area contributed by atoms with Crippen molar-refractivity contribution in [1.29, 1.82) is 0 Å². The lowest BCUT2D eigenvalue weighted by Gasteiger charge is -2.34. The summed E-state index contributed by atoms with van der Waals surface area (Å²) < 4.78 is 35.7. The standard InChI is InChI=1S/C9H21FNO4P/c1-4-14-9(3,15-5-2)16(12,13)8(10)6-7-11/h8H,4-7,11H2,1-3H3,(H,12,13). The first-order valence-corrected chi connectivity index (χ1v) is 7.03. The summed E-state index contributed by atoms with van der Waals surface area (Å²) in [6.07, 6.45) is -0.191. The minimum atomic E-state index is -4.25. The Balaban J connectivity index is 4.94. The molecular formula is C9H21FNO4P. The van der Waals surface area contributed by atoms with Gasteiger partial charge in [0.2, 0.25) is 5.53 Å². The molecule has 0 fully saturated rings.